The van der Waals surface area contributed by atoms with Crippen molar-refractivity contribution in [3.8, 4) is 0 Å². The maximum Gasteiger partial charge on any atom is 0.308 e. The molecule has 2 saturated heterocycles. The summed E-state index contributed by atoms with van der Waals surface area (Å²) in [6.07, 6.45) is 0.627. The van der Waals surface area contributed by atoms with Crippen LogP contribution in [-0.4, -0.2) is 102 Å². The molecule has 3 aliphatic rings. The number of likely N-dealkylation sites (N-methyl/N-ethyl adjacent to an activating group) is 1. The summed E-state index contributed by atoms with van der Waals surface area (Å²) in [5, 5.41) is 22.4. The molecule has 0 unspecified atom stereocenters. The topological polar surface area (TPSA) is 135 Å². The standard InChI is InChI=1S/C31H51NO9/c1-9-25-20(5)29-31(6,41-29)12-10-23(34)17(2)14-21(11-13-33)28(19(4)24(35)16-26(36)39-25)40-30-27(37)22(32(7)8)15-18(3)38-30/h10,12-13,17-22,24-25,27-30,35,37H,9,11,14-16H2,1-8H3/t17-,18-,19+,20-,21+,22+,24-,25-,27-,28-,29+,30+,31+/m1/s1. The number of allylic oxidation sites excluding steroid dienone is 1. The molecule has 3 heterocycles. The number of epoxide rings is 1. The molecule has 0 aromatic carbocycles. The zero-order valence-corrected chi connectivity index (χ0v) is 25.9. The van der Waals surface area contributed by atoms with E-state index in [9.17, 15) is 24.6 Å². The fraction of sp³-hybridized carbons (Fsp3) is 0.839. The maximum absolute atomic E-state index is 13.2. The van der Waals surface area contributed by atoms with Crippen LogP contribution < -0.4 is 0 Å². The molecule has 0 spiro atoms. The molecule has 3 aliphatic heterocycles. The van der Waals surface area contributed by atoms with Gasteiger partial charge in [-0.2, -0.15) is 0 Å². The van der Waals surface area contributed by atoms with Gasteiger partial charge in [-0.3, -0.25) is 9.59 Å². The number of hydrogen-bond donors (Lipinski definition) is 2. The number of carbonyl (C=O) groups is 3. The lowest BCUT2D eigenvalue weighted by Gasteiger charge is -2.44. The fourth-order valence-electron chi connectivity index (χ4n) is 6.50. The van der Waals surface area contributed by atoms with E-state index in [4.69, 9.17) is 18.9 Å². The van der Waals surface area contributed by atoms with E-state index in [0.717, 1.165) is 6.29 Å². The number of aliphatic hydroxyl groups is 2. The first kappa shape index (κ1) is 33.8. The predicted molar refractivity (Wildman–Crippen MR) is 152 cm³/mol. The molecule has 0 saturated carbocycles. The minimum Gasteiger partial charge on any atom is -0.462 e. The third-order valence-corrected chi connectivity index (χ3v) is 9.29. The van der Waals surface area contributed by atoms with Crippen LogP contribution in [0.4, 0.5) is 0 Å². The third kappa shape index (κ3) is 8.24. The normalized spacial score (nSPS) is 44.8. The first-order valence-corrected chi connectivity index (χ1v) is 15.1. The number of aliphatic hydroxyl groups excluding tert-OH is 2. The van der Waals surface area contributed by atoms with Gasteiger partial charge < -0.3 is 38.9 Å². The second-order valence-electron chi connectivity index (χ2n) is 12.9. The largest absolute Gasteiger partial charge is 0.462 e. The summed E-state index contributed by atoms with van der Waals surface area (Å²) in [6, 6.07) is -0.219. The van der Waals surface area contributed by atoms with Crippen molar-refractivity contribution < 1.29 is 43.5 Å². The van der Waals surface area contributed by atoms with Crippen molar-refractivity contribution in [2.75, 3.05) is 14.1 Å². The molecule has 234 valence electrons. The quantitative estimate of drug-likeness (QED) is 0.274. The Morgan fingerprint density at radius 2 is 1.80 bits per heavy atom. The highest BCUT2D eigenvalue weighted by Gasteiger charge is 2.55. The molecule has 0 aliphatic carbocycles. The molecular weight excluding hydrogens is 530 g/mol. The molecule has 0 amide bonds. The van der Waals surface area contributed by atoms with Gasteiger partial charge in [0.25, 0.3) is 0 Å². The minimum atomic E-state index is -1.15. The average Bonchev–Trinajstić information content (AvgIpc) is 3.60. The fourth-order valence-corrected chi connectivity index (χ4v) is 6.50. The van der Waals surface area contributed by atoms with Crippen LogP contribution >= 0.6 is 0 Å². The monoisotopic (exact) mass is 581 g/mol. The van der Waals surface area contributed by atoms with Crippen LogP contribution in [0, 0.1) is 23.7 Å². The SMILES string of the molecule is CC[C@H]1OC(=O)C[C@@H](O)[C@H](C)[C@@H](O[C@@H]2O[C@H](C)C[C@H](N(C)C)[C@H]2O)[C@@H](CC=O)C[C@@H](C)C(=O)C=C[C@]2(C)O[C@H]2[C@@H]1C. The number of rotatable bonds is 6. The van der Waals surface area contributed by atoms with E-state index in [1.807, 2.05) is 53.6 Å². The Bertz CT molecular complexity index is 941. The van der Waals surface area contributed by atoms with Crippen molar-refractivity contribution in [2.45, 2.75) is 128 Å². The summed E-state index contributed by atoms with van der Waals surface area (Å²) >= 11 is 0. The van der Waals surface area contributed by atoms with Crippen LogP contribution in [0.1, 0.15) is 73.6 Å². The summed E-state index contributed by atoms with van der Waals surface area (Å²) in [7, 11) is 3.76. The van der Waals surface area contributed by atoms with Gasteiger partial charge in [-0.05, 0) is 65.3 Å². The van der Waals surface area contributed by atoms with Gasteiger partial charge >= 0.3 is 5.97 Å². The second-order valence-corrected chi connectivity index (χ2v) is 12.9. The molecule has 0 bridgehead atoms. The van der Waals surface area contributed by atoms with E-state index < -0.39 is 60.0 Å². The zero-order valence-electron chi connectivity index (χ0n) is 25.9. The number of fused-ring (bicyclic) bond motifs is 1. The Labute approximate surface area is 244 Å². The van der Waals surface area contributed by atoms with Crippen molar-refractivity contribution in [1.82, 2.24) is 4.90 Å². The Balaban J connectivity index is 1.95. The molecular formula is C31H51NO9. The van der Waals surface area contributed by atoms with Gasteiger partial charge in [0.15, 0.2) is 12.1 Å². The number of cyclic esters (lactones) is 1. The molecule has 41 heavy (non-hydrogen) atoms. The lowest BCUT2D eigenvalue weighted by Crippen LogP contribution is -2.56. The van der Waals surface area contributed by atoms with Gasteiger partial charge in [0, 0.05) is 30.2 Å². The Morgan fingerprint density at radius 1 is 1.12 bits per heavy atom. The smallest absolute Gasteiger partial charge is 0.308 e. The molecule has 10 heteroatoms. The van der Waals surface area contributed by atoms with Crippen LogP contribution in [0.3, 0.4) is 0 Å². The van der Waals surface area contributed by atoms with Gasteiger partial charge in [0.05, 0.1) is 30.8 Å². The molecule has 3 rings (SSSR count). The second kappa shape index (κ2) is 14.2. The summed E-state index contributed by atoms with van der Waals surface area (Å²) < 4.78 is 24.2. The molecule has 0 aromatic rings. The third-order valence-electron chi connectivity index (χ3n) is 9.29. The number of esters is 1. The number of hydrogen-bond acceptors (Lipinski definition) is 10. The van der Waals surface area contributed by atoms with E-state index in [-0.39, 0.29) is 42.8 Å². The average molecular weight is 582 g/mol. The number of ether oxygens (including phenoxy) is 4. The molecule has 0 aromatic heterocycles. The Hall–Kier alpha value is -1.69. The van der Waals surface area contributed by atoms with Crippen LogP contribution in [0.15, 0.2) is 12.2 Å². The van der Waals surface area contributed by atoms with E-state index in [2.05, 4.69) is 0 Å². The molecule has 2 fully saturated rings. The van der Waals surface area contributed by atoms with Gasteiger partial charge in [0.2, 0.25) is 0 Å². The Morgan fingerprint density at radius 3 is 2.41 bits per heavy atom. The lowest BCUT2D eigenvalue weighted by atomic mass is 9.79. The summed E-state index contributed by atoms with van der Waals surface area (Å²) in [5.74, 6) is -2.32. The highest BCUT2D eigenvalue weighted by Crippen LogP contribution is 2.45. The number of carbonyl (C=O) groups excluding carboxylic acids is 3. The van der Waals surface area contributed by atoms with Crippen molar-refractivity contribution in [2.24, 2.45) is 23.7 Å². The first-order chi connectivity index (χ1) is 19.2. The number of ketones is 1. The first-order valence-electron chi connectivity index (χ1n) is 15.1. The van der Waals surface area contributed by atoms with Crippen LogP contribution in [0.25, 0.3) is 0 Å². The summed E-state index contributed by atoms with van der Waals surface area (Å²) in [6.45, 7) is 11.3. The van der Waals surface area contributed by atoms with Gasteiger partial charge in [0.1, 0.15) is 24.1 Å². The van der Waals surface area contributed by atoms with Gasteiger partial charge in [-0.1, -0.05) is 27.7 Å². The predicted octanol–water partition coefficient (Wildman–Crippen LogP) is 2.67. The van der Waals surface area contributed by atoms with E-state index >= 15 is 0 Å². The molecule has 13 atom stereocenters. The highest BCUT2D eigenvalue weighted by molar-refractivity contribution is 5.91. The molecule has 2 N–H and O–H groups in total. The van der Waals surface area contributed by atoms with Crippen molar-refractivity contribution in [3.05, 3.63) is 12.2 Å². The summed E-state index contributed by atoms with van der Waals surface area (Å²) in [5.41, 5.74) is -0.637. The molecule has 10 nitrogen and oxygen atoms in total. The summed E-state index contributed by atoms with van der Waals surface area (Å²) in [4.78, 5) is 40.0. The minimum absolute atomic E-state index is 0.0707. The van der Waals surface area contributed by atoms with Crippen LogP contribution in [-0.2, 0) is 33.3 Å². The highest BCUT2D eigenvalue weighted by atomic mass is 16.7. The number of nitrogens with zero attached hydrogens (tertiary/aromatic N) is 1. The van der Waals surface area contributed by atoms with Crippen molar-refractivity contribution >= 4 is 18.0 Å². The van der Waals surface area contributed by atoms with E-state index in [1.54, 1.807) is 19.1 Å². The van der Waals surface area contributed by atoms with Gasteiger partial charge in [-0.25, -0.2) is 0 Å². The van der Waals surface area contributed by atoms with Crippen molar-refractivity contribution in [1.29, 1.82) is 0 Å². The van der Waals surface area contributed by atoms with Crippen LogP contribution in [0.2, 0.25) is 0 Å². The maximum atomic E-state index is 13.2. The van der Waals surface area contributed by atoms with E-state index in [1.165, 1.54) is 0 Å². The molecule has 0 radical (unpaired) electrons. The van der Waals surface area contributed by atoms with Crippen molar-refractivity contribution in [3.63, 3.8) is 0 Å². The van der Waals surface area contributed by atoms with E-state index in [0.29, 0.717) is 19.3 Å². The lowest BCUT2D eigenvalue weighted by molar-refractivity contribution is -0.283. The zero-order chi connectivity index (χ0) is 30.6. The number of aldehydes is 1. The Kier molecular flexibility index (Phi) is 11.7. The van der Waals surface area contributed by atoms with Gasteiger partial charge in [-0.15, -0.1) is 0 Å². The van der Waals surface area contributed by atoms with Crippen LogP contribution in [0.5, 0.6) is 0 Å².